The predicted molar refractivity (Wildman–Crippen MR) is 111 cm³/mol. The van der Waals surface area contributed by atoms with Gasteiger partial charge >= 0.3 is 11.8 Å². The Morgan fingerprint density at radius 3 is 2.25 bits per heavy atom. The zero-order chi connectivity index (χ0) is 20.1. The maximum absolute atomic E-state index is 12.2. The van der Waals surface area contributed by atoms with Crippen molar-refractivity contribution in [2.75, 3.05) is 55.9 Å². The van der Waals surface area contributed by atoms with E-state index in [-0.39, 0.29) is 0 Å². The number of carbonyl (C=O) groups is 2. The molecule has 0 aromatic heterocycles. The van der Waals surface area contributed by atoms with Crippen molar-refractivity contribution in [3.63, 3.8) is 0 Å². The van der Waals surface area contributed by atoms with Gasteiger partial charge < -0.3 is 25.2 Å². The molecule has 0 aliphatic carbocycles. The third-order valence-corrected chi connectivity index (χ3v) is 4.84. The van der Waals surface area contributed by atoms with E-state index in [4.69, 9.17) is 16.3 Å². The van der Waals surface area contributed by atoms with Crippen LogP contribution in [0.2, 0.25) is 5.02 Å². The smallest absolute Gasteiger partial charge is 0.314 e. The molecule has 1 heterocycles. The topological polar surface area (TPSA) is 73.9 Å². The minimum atomic E-state index is -0.802. The molecule has 0 spiro atoms. The average Bonchev–Trinajstić information content (AvgIpc) is 2.69. The molecular weight excluding hydrogens is 380 g/mol. The van der Waals surface area contributed by atoms with Gasteiger partial charge in [0.25, 0.3) is 0 Å². The first-order chi connectivity index (χ1) is 13.5. The van der Waals surface area contributed by atoms with Crippen LogP contribution in [-0.4, -0.2) is 57.1 Å². The highest BCUT2D eigenvalue weighted by Crippen LogP contribution is 2.27. The number of benzene rings is 2. The van der Waals surface area contributed by atoms with Gasteiger partial charge in [0.1, 0.15) is 5.75 Å². The van der Waals surface area contributed by atoms with Gasteiger partial charge in [0.05, 0.1) is 12.8 Å². The molecule has 3 rings (SSSR count). The zero-order valence-electron chi connectivity index (χ0n) is 15.9. The number of rotatable bonds is 4. The molecule has 7 nitrogen and oxygen atoms in total. The summed E-state index contributed by atoms with van der Waals surface area (Å²) < 4.78 is 5.16. The molecule has 1 fully saturated rings. The van der Waals surface area contributed by atoms with Gasteiger partial charge in [-0.2, -0.15) is 0 Å². The highest BCUT2D eigenvalue weighted by atomic mass is 35.5. The molecule has 2 aromatic rings. The van der Waals surface area contributed by atoms with Gasteiger partial charge in [-0.3, -0.25) is 9.59 Å². The molecule has 0 radical (unpaired) electrons. The number of piperazine rings is 1. The Labute approximate surface area is 169 Å². The van der Waals surface area contributed by atoms with Gasteiger partial charge in [0.15, 0.2) is 0 Å². The van der Waals surface area contributed by atoms with Gasteiger partial charge in [-0.05, 0) is 49.5 Å². The lowest BCUT2D eigenvalue weighted by molar-refractivity contribution is -0.133. The van der Waals surface area contributed by atoms with Crippen LogP contribution in [0.4, 0.5) is 17.1 Å². The number of hydrogen-bond donors (Lipinski definition) is 2. The van der Waals surface area contributed by atoms with Crippen LogP contribution in [0.15, 0.2) is 42.5 Å². The standard InChI is InChI=1S/C20H23ClN4O3/c1-24-9-11-25(12-10-24)16-6-4-15(5-7-16)22-19(26)20(27)23-17-13-14(21)3-8-18(17)28-2/h3-8,13H,9-12H2,1-2H3,(H,22,26)(H,23,27). The molecule has 2 amide bonds. The molecule has 1 aliphatic rings. The molecule has 0 atom stereocenters. The van der Waals surface area contributed by atoms with Gasteiger partial charge in [0, 0.05) is 42.6 Å². The lowest BCUT2D eigenvalue weighted by atomic mass is 10.2. The van der Waals surface area contributed by atoms with Crippen molar-refractivity contribution in [3.05, 3.63) is 47.5 Å². The van der Waals surface area contributed by atoms with Crippen LogP contribution in [0.1, 0.15) is 0 Å². The Morgan fingerprint density at radius 1 is 0.964 bits per heavy atom. The van der Waals surface area contributed by atoms with Crippen molar-refractivity contribution in [2.45, 2.75) is 0 Å². The number of anilines is 3. The Bertz CT molecular complexity index is 849. The van der Waals surface area contributed by atoms with Crippen molar-refractivity contribution < 1.29 is 14.3 Å². The molecule has 1 aliphatic heterocycles. The lowest BCUT2D eigenvalue weighted by Crippen LogP contribution is -2.44. The highest BCUT2D eigenvalue weighted by molar-refractivity contribution is 6.44. The van der Waals surface area contributed by atoms with Crippen molar-refractivity contribution in [1.82, 2.24) is 4.90 Å². The Balaban J connectivity index is 1.60. The third-order valence-electron chi connectivity index (χ3n) is 4.61. The number of likely N-dealkylation sites (N-methyl/N-ethyl adjacent to an activating group) is 1. The van der Waals surface area contributed by atoms with E-state index in [2.05, 4.69) is 27.5 Å². The first-order valence-corrected chi connectivity index (χ1v) is 9.33. The van der Waals surface area contributed by atoms with Crippen molar-refractivity contribution in [3.8, 4) is 5.75 Å². The maximum atomic E-state index is 12.2. The SMILES string of the molecule is COc1ccc(Cl)cc1NC(=O)C(=O)Nc1ccc(N2CCN(C)CC2)cc1. The summed E-state index contributed by atoms with van der Waals surface area (Å²) in [4.78, 5) is 29.0. The van der Waals surface area contributed by atoms with E-state index < -0.39 is 11.8 Å². The number of carbonyl (C=O) groups excluding carboxylic acids is 2. The van der Waals surface area contributed by atoms with Crippen molar-refractivity contribution in [1.29, 1.82) is 0 Å². The number of nitrogens with one attached hydrogen (secondary N) is 2. The molecule has 8 heteroatoms. The highest BCUT2D eigenvalue weighted by Gasteiger charge is 2.17. The molecule has 0 unspecified atom stereocenters. The van der Waals surface area contributed by atoms with Crippen molar-refractivity contribution in [2.24, 2.45) is 0 Å². The first kappa shape index (κ1) is 20.0. The number of methoxy groups -OCH3 is 1. The molecule has 0 saturated carbocycles. The quantitative estimate of drug-likeness (QED) is 0.769. The summed E-state index contributed by atoms with van der Waals surface area (Å²) in [7, 11) is 3.58. The van der Waals surface area contributed by atoms with Crippen LogP contribution in [-0.2, 0) is 9.59 Å². The molecule has 148 valence electrons. The van der Waals surface area contributed by atoms with Gasteiger partial charge in [-0.15, -0.1) is 0 Å². The molecule has 28 heavy (non-hydrogen) atoms. The fourth-order valence-electron chi connectivity index (χ4n) is 2.97. The molecule has 1 saturated heterocycles. The molecule has 0 bridgehead atoms. The van der Waals surface area contributed by atoms with Crippen LogP contribution in [0, 0.1) is 0 Å². The molecule has 2 aromatic carbocycles. The second-order valence-corrected chi connectivity index (χ2v) is 7.03. The van der Waals surface area contributed by atoms with Crippen LogP contribution in [0.3, 0.4) is 0 Å². The number of halogens is 1. The van der Waals surface area contributed by atoms with Gasteiger partial charge in [-0.25, -0.2) is 0 Å². The fourth-order valence-corrected chi connectivity index (χ4v) is 3.14. The van der Waals surface area contributed by atoms with E-state index in [1.165, 1.54) is 13.2 Å². The summed E-state index contributed by atoms with van der Waals surface area (Å²) in [5.74, 6) is -1.15. The Kier molecular flexibility index (Phi) is 6.38. The third kappa shape index (κ3) is 4.94. The summed E-state index contributed by atoms with van der Waals surface area (Å²) in [6.45, 7) is 3.97. The summed E-state index contributed by atoms with van der Waals surface area (Å²) in [6, 6.07) is 12.2. The maximum Gasteiger partial charge on any atom is 0.314 e. The lowest BCUT2D eigenvalue weighted by Gasteiger charge is -2.34. The van der Waals surface area contributed by atoms with Crippen LogP contribution < -0.4 is 20.3 Å². The van der Waals surface area contributed by atoms with E-state index in [1.807, 2.05) is 12.1 Å². The van der Waals surface area contributed by atoms with Crippen LogP contribution in [0.5, 0.6) is 5.75 Å². The minimum absolute atomic E-state index is 0.334. The van der Waals surface area contributed by atoms with E-state index in [0.717, 1.165) is 31.9 Å². The summed E-state index contributed by atoms with van der Waals surface area (Å²) >= 11 is 5.94. The number of nitrogens with zero attached hydrogens (tertiary/aromatic N) is 2. The van der Waals surface area contributed by atoms with Crippen LogP contribution in [0.25, 0.3) is 0 Å². The van der Waals surface area contributed by atoms with Gasteiger partial charge in [-0.1, -0.05) is 11.6 Å². The fraction of sp³-hybridized carbons (Fsp3) is 0.300. The Hall–Kier alpha value is -2.77. The zero-order valence-corrected chi connectivity index (χ0v) is 16.6. The summed E-state index contributed by atoms with van der Waals surface area (Å²) in [5.41, 5.74) is 1.98. The largest absolute Gasteiger partial charge is 0.495 e. The minimum Gasteiger partial charge on any atom is -0.495 e. The number of hydrogen-bond acceptors (Lipinski definition) is 5. The molecular formula is C20H23ClN4O3. The number of ether oxygens (including phenoxy) is 1. The van der Waals surface area contributed by atoms with E-state index in [0.29, 0.717) is 22.1 Å². The van der Waals surface area contributed by atoms with Gasteiger partial charge in [0.2, 0.25) is 0 Å². The average molecular weight is 403 g/mol. The Morgan fingerprint density at radius 2 is 1.61 bits per heavy atom. The summed E-state index contributed by atoms with van der Waals surface area (Å²) in [5, 5.41) is 5.54. The number of amides is 2. The monoisotopic (exact) mass is 402 g/mol. The second-order valence-electron chi connectivity index (χ2n) is 6.59. The van der Waals surface area contributed by atoms with Crippen molar-refractivity contribution >= 4 is 40.5 Å². The molecule has 2 N–H and O–H groups in total. The van der Waals surface area contributed by atoms with E-state index in [9.17, 15) is 9.59 Å². The normalized spacial score (nSPS) is 14.5. The first-order valence-electron chi connectivity index (χ1n) is 8.95. The van der Waals surface area contributed by atoms with Crippen LogP contribution >= 0.6 is 11.6 Å². The predicted octanol–water partition coefficient (Wildman–Crippen LogP) is 2.68. The second kappa shape index (κ2) is 8.95. The summed E-state index contributed by atoms with van der Waals surface area (Å²) in [6.07, 6.45) is 0. The van der Waals surface area contributed by atoms with E-state index >= 15 is 0 Å². The van der Waals surface area contributed by atoms with E-state index in [1.54, 1.807) is 24.3 Å².